The number of rotatable bonds is 2. The maximum absolute atomic E-state index is 12.6. The molecule has 2 nitrogen and oxygen atoms in total. The molecule has 1 aliphatic carbocycles. The van der Waals surface area contributed by atoms with Crippen LogP contribution in [0.1, 0.15) is 28.8 Å². The van der Waals surface area contributed by atoms with Crippen LogP contribution in [0.5, 0.6) is 0 Å². The Morgan fingerprint density at radius 2 is 1.94 bits per heavy atom. The summed E-state index contributed by atoms with van der Waals surface area (Å²) in [6.45, 7) is 0. The van der Waals surface area contributed by atoms with Gasteiger partial charge in [0, 0.05) is 30.0 Å². The van der Waals surface area contributed by atoms with Gasteiger partial charge in [0.25, 0.3) is 11.8 Å². The highest BCUT2D eigenvalue weighted by Crippen LogP contribution is 2.37. The molecule has 1 N–H and O–H groups in total. The molecule has 0 bridgehead atoms. The Balaban J connectivity index is 1.94. The third kappa shape index (κ3) is 2.62. The van der Waals surface area contributed by atoms with Crippen molar-refractivity contribution in [3.05, 3.63) is 35.4 Å². The van der Waals surface area contributed by atoms with Gasteiger partial charge in [-0.1, -0.05) is 5.92 Å². The van der Waals surface area contributed by atoms with Gasteiger partial charge in [0.1, 0.15) is 0 Å². The van der Waals surface area contributed by atoms with Crippen molar-refractivity contribution in [2.45, 2.75) is 24.8 Å². The highest BCUT2D eigenvalue weighted by molar-refractivity contribution is 5.94. The van der Waals surface area contributed by atoms with E-state index >= 15 is 0 Å². The lowest BCUT2D eigenvalue weighted by atomic mass is 9.88. The lowest BCUT2D eigenvalue weighted by molar-refractivity contribution is -0.0901. The van der Waals surface area contributed by atoms with Crippen LogP contribution in [0.3, 0.4) is 0 Å². The molecule has 1 aromatic rings. The molecule has 0 radical (unpaired) electrons. The fourth-order valence-electron chi connectivity index (χ4n) is 1.75. The molecule has 1 aromatic carbocycles. The number of hydrogen-bond donors (Lipinski definition) is 1. The first-order chi connectivity index (χ1) is 8.00. The molecule has 1 aliphatic rings. The molecule has 1 amide bonds. The molecular weight excluding hydrogens is 224 g/mol. The monoisotopic (exact) mass is 235 g/mol. The van der Waals surface area contributed by atoms with Crippen LogP contribution in [0.4, 0.5) is 8.78 Å². The zero-order chi connectivity index (χ0) is 12.5. The third-order valence-electron chi connectivity index (χ3n) is 2.74. The van der Waals surface area contributed by atoms with E-state index < -0.39 is 12.0 Å². The van der Waals surface area contributed by atoms with Crippen molar-refractivity contribution < 1.29 is 13.6 Å². The Kier molecular flexibility index (Phi) is 2.84. The van der Waals surface area contributed by atoms with E-state index in [2.05, 4.69) is 11.2 Å². The summed E-state index contributed by atoms with van der Waals surface area (Å²) in [5.74, 6) is -0.522. The Bertz CT molecular complexity index is 465. The Morgan fingerprint density at radius 1 is 1.35 bits per heavy atom. The predicted octanol–water partition coefficient (Wildman–Crippen LogP) is 2.20. The van der Waals surface area contributed by atoms with Crippen LogP contribution in [-0.4, -0.2) is 17.9 Å². The summed E-state index contributed by atoms with van der Waals surface area (Å²) in [6.07, 6.45) is 4.63. The van der Waals surface area contributed by atoms with Gasteiger partial charge in [-0.05, 0) is 24.3 Å². The van der Waals surface area contributed by atoms with Crippen LogP contribution in [0.25, 0.3) is 0 Å². The maximum Gasteiger partial charge on any atom is 0.252 e. The second kappa shape index (κ2) is 4.17. The molecule has 4 heteroatoms. The molecule has 0 aliphatic heterocycles. The van der Waals surface area contributed by atoms with Gasteiger partial charge in [0.2, 0.25) is 0 Å². The van der Waals surface area contributed by atoms with Crippen molar-refractivity contribution in [2.75, 3.05) is 0 Å². The molecule has 1 saturated carbocycles. The first kappa shape index (κ1) is 11.6. The Hall–Kier alpha value is -1.89. The van der Waals surface area contributed by atoms with Crippen LogP contribution in [0.2, 0.25) is 0 Å². The van der Waals surface area contributed by atoms with Crippen LogP contribution < -0.4 is 5.32 Å². The predicted molar refractivity (Wildman–Crippen MR) is 59.8 cm³/mol. The molecule has 1 fully saturated rings. The van der Waals surface area contributed by atoms with Crippen molar-refractivity contribution in [1.82, 2.24) is 5.32 Å². The molecule has 0 atom stereocenters. The maximum atomic E-state index is 12.6. The minimum absolute atomic E-state index is 0.277. The SMILES string of the molecule is C#Cc1ccc(C(=O)NC2CC(F)(F)C2)cc1. The zero-order valence-corrected chi connectivity index (χ0v) is 9.04. The molecule has 88 valence electrons. The highest BCUT2D eigenvalue weighted by atomic mass is 19.3. The van der Waals surface area contributed by atoms with Gasteiger partial charge in [-0.3, -0.25) is 4.79 Å². The number of carbonyl (C=O) groups excluding carboxylic acids is 1. The smallest absolute Gasteiger partial charge is 0.252 e. The summed E-state index contributed by atoms with van der Waals surface area (Å²) in [6, 6.07) is 6.03. The lowest BCUT2D eigenvalue weighted by Gasteiger charge is -2.35. The minimum atomic E-state index is -2.62. The fourth-order valence-corrected chi connectivity index (χ4v) is 1.75. The number of hydrogen-bond acceptors (Lipinski definition) is 1. The summed E-state index contributed by atoms with van der Waals surface area (Å²) in [4.78, 5) is 11.7. The number of amides is 1. The summed E-state index contributed by atoms with van der Waals surface area (Å²) in [5.41, 5.74) is 1.11. The van der Waals surface area contributed by atoms with Crippen LogP contribution >= 0.6 is 0 Å². The molecule has 0 aromatic heterocycles. The second-order valence-corrected chi connectivity index (χ2v) is 4.16. The van der Waals surface area contributed by atoms with E-state index in [1.807, 2.05) is 0 Å². The second-order valence-electron chi connectivity index (χ2n) is 4.16. The van der Waals surface area contributed by atoms with Crippen molar-refractivity contribution in [1.29, 1.82) is 0 Å². The topological polar surface area (TPSA) is 29.1 Å². The first-order valence-electron chi connectivity index (χ1n) is 5.25. The van der Waals surface area contributed by atoms with E-state index in [4.69, 9.17) is 6.42 Å². The molecular formula is C13H11F2NO. The summed E-state index contributed by atoms with van der Waals surface area (Å²) >= 11 is 0. The zero-order valence-electron chi connectivity index (χ0n) is 9.04. The molecule has 0 heterocycles. The molecule has 2 rings (SSSR count). The van der Waals surface area contributed by atoms with Gasteiger partial charge >= 0.3 is 0 Å². The van der Waals surface area contributed by atoms with Crippen LogP contribution in [-0.2, 0) is 0 Å². The van der Waals surface area contributed by atoms with Crippen LogP contribution in [0, 0.1) is 12.3 Å². The first-order valence-corrected chi connectivity index (χ1v) is 5.25. The number of benzene rings is 1. The van der Waals surface area contributed by atoms with Crippen molar-refractivity contribution >= 4 is 5.91 Å². The van der Waals surface area contributed by atoms with Crippen molar-refractivity contribution in [3.63, 3.8) is 0 Å². The normalized spacial score (nSPS) is 17.9. The summed E-state index contributed by atoms with van der Waals surface area (Å²) in [5, 5.41) is 2.56. The van der Waals surface area contributed by atoms with Gasteiger partial charge in [-0.25, -0.2) is 8.78 Å². The van der Waals surface area contributed by atoms with Crippen molar-refractivity contribution in [2.24, 2.45) is 0 Å². The number of alkyl halides is 2. The molecule has 0 spiro atoms. The largest absolute Gasteiger partial charge is 0.349 e. The average Bonchev–Trinajstić information content (AvgIpc) is 2.26. The average molecular weight is 235 g/mol. The van der Waals surface area contributed by atoms with E-state index in [0.29, 0.717) is 11.1 Å². The van der Waals surface area contributed by atoms with Gasteiger partial charge in [-0.2, -0.15) is 0 Å². The lowest BCUT2D eigenvalue weighted by Crippen LogP contribution is -2.50. The summed E-state index contributed by atoms with van der Waals surface area (Å²) in [7, 11) is 0. The van der Waals surface area contributed by atoms with Gasteiger partial charge < -0.3 is 5.32 Å². The van der Waals surface area contributed by atoms with E-state index in [1.54, 1.807) is 24.3 Å². The fraction of sp³-hybridized carbons (Fsp3) is 0.308. The van der Waals surface area contributed by atoms with Crippen molar-refractivity contribution in [3.8, 4) is 12.3 Å². The number of carbonyl (C=O) groups is 1. The van der Waals surface area contributed by atoms with E-state index in [0.717, 1.165) is 0 Å². The van der Waals surface area contributed by atoms with Crippen LogP contribution in [0.15, 0.2) is 24.3 Å². The van der Waals surface area contributed by atoms with Gasteiger partial charge in [0.15, 0.2) is 0 Å². The van der Waals surface area contributed by atoms with Gasteiger partial charge in [-0.15, -0.1) is 6.42 Å². The molecule has 0 saturated heterocycles. The van der Waals surface area contributed by atoms with E-state index in [9.17, 15) is 13.6 Å². The molecule has 0 unspecified atom stereocenters. The summed E-state index contributed by atoms with van der Waals surface area (Å²) < 4.78 is 25.1. The molecule has 17 heavy (non-hydrogen) atoms. The Labute approximate surface area is 98.0 Å². The Morgan fingerprint density at radius 3 is 2.41 bits per heavy atom. The number of halogens is 2. The minimum Gasteiger partial charge on any atom is -0.349 e. The van der Waals surface area contributed by atoms with Gasteiger partial charge in [0.05, 0.1) is 0 Å². The number of nitrogens with one attached hydrogen (secondary N) is 1. The third-order valence-corrected chi connectivity index (χ3v) is 2.74. The number of terminal acetylenes is 1. The highest BCUT2D eigenvalue weighted by Gasteiger charge is 2.45. The van der Waals surface area contributed by atoms with E-state index in [1.165, 1.54) is 0 Å². The quantitative estimate of drug-likeness (QED) is 0.782. The standard InChI is InChI=1S/C13H11F2NO/c1-2-9-3-5-10(6-4-9)12(17)16-11-7-13(14,15)8-11/h1,3-6,11H,7-8H2,(H,16,17). The van der Waals surface area contributed by atoms with E-state index in [-0.39, 0.29) is 18.7 Å².